The predicted molar refractivity (Wildman–Crippen MR) is 70.4 cm³/mol. The summed E-state index contributed by atoms with van der Waals surface area (Å²) in [4.78, 5) is 15.6. The van der Waals surface area contributed by atoms with Gasteiger partial charge in [0.2, 0.25) is 0 Å². The van der Waals surface area contributed by atoms with Crippen LogP contribution in [0.1, 0.15) is 42.9 Å². The number of nitrogens with one attached hydrogen (secondary N) is 1. The third-order valence-electron chi connectivity index (χ3n) is 2.85. The summed E-state index contributed by atoms with van der Waals surface area (Å²) in [6, 6.07) is 7.37. The lowest BCUT2D eigenvalue weighted by Gasteiger charge is -1.97. The number of carbonyl (C=O) groups excluding carboxylic acids is 1. The van der Waals surface area contributed by atoms with Gasteiger partial charge in [-0.2, -0.15) is 5.10 Å². The van der Waals surface area contributed by atoms with Crippen LogP contribution < -0.4 is 0 Å². The zero-order chi connectivity index (χ0) is 13.0. The van der Waals surface area contributed by atoms with E-state index in [1.165, 1.54) is 0 Å². The van der Waals surface area contributed by atoms with Crippen molar-refractivity contribution < 1.29 is 4.79 Å². The van der Waals surface area contributed by atoms with E-state index < -0.39 is 0 Å². The fourth-order valence-electron chi connectivity index (χ4n) is 1.73. The summed E-state index contributed by atoms with van der Waals surface area (Å²) in [5.41, 5.74) is 1.64. The van der Waals surface area contributed by atoms with Gasteiger partial charge in [0.25, 0.3) is 0 Å². The van der Waals surface area contributed by atoms with E-state index in [2.05, 4.69) is 22.1 Å². The van der Waals surface area contributed by atoms with Crippen LogP contribution in [-0.2, 0) is 6.42 Å². The van der Waals surface area contributed by atoms with Crippen molar-refractivity contribution in [2.75, 3.05) is 0 Å². The van der Waals surface area contributed by atoms with Gasteiger partial charge in [-0.1, -0.05) is 37.6 Å². The highest BCUT2D eigenvalue weighted by Crippen LogP contribution is 2.16. The van der Waals surface area contributed by atoms with Crippen molar-refractivity contribution in [1.29, 1.82) is 0 Å². The van der Waals surface area contributed by atoms with Crippen molar-refractivity contribution in [2.45, 2.75) is 33.1 Å². The lowest BCUT2D eigenvalue weighted by atomic mass is 10.1. The fourth-order valence-corrected chi connectivity index (χ4v) is 1.73. The van der Waals surface area contributed by atoms with Crippen molar-refractivity contribution >= 4 is 5.78 Å². The summed E-state index contributed by atoms with van der Waals surface area (Å²) >= 11 is 0. The number of aromatic nitrogens is 3. The first-order chi connectivity index (χ1) is 8.70. The number of nitrogens with zero attached hydrogens (tertiary/aromatic N) is 2. The number of aromatic amines is 1. The number of carbonyl (C=O) groups is 1. The largest absolute Gasteiger partial charge is 0.295 e. The summed E-state index contributed by atoms with van der Waals surface area (Å²) in [5.74, 6) is 1.68. The molecule has 0 saturated carbocycles. The Kier molecular flexibility index (Phi) is 3.87. The van der Waals surface area contributed by atoms with Crippen molar-refractivity contribution in [3.63, 3.8) is 0 Å². The van der Waals surface area contributed by atoms with Crippen LogP contribution in [0.4, 0.5) is 0 Å². The molecule has 0 aliphatic rings. The molecular formula is C14H17N3O. The van der Waals surface area contributed by atoms with Gasteiger partial charge in [0, 0.05) is 17.5 Å². The molecule has 0 bridgehead atoms. The molecule has 0 radical (unpaired) electrons. The molecule has 0 atom stereocenters. The van der Waals surface area contributed by atoms with E-state index in [4.69, 9.17) is 0 Å². The molecule has 0 amide bonds. The third kappa shape index (κ3) is 2.83. The Bertz CT molecular complexity index is 528. The SMILES string of the molecule is CCCCc1nc(-c2ccc(C(C)=O)cc2)n[nH]1. The van der Waals surface area contributed by atoms with Crippen LogP contribution in [0.25, 0.3) is 11.4 Å². The molecule has 0 saturated heterocycles. The van der Waals surface area contributed by atoms with Crippen molar-refractivity contribution in [2.24, 2.45) is 0 Å². The first kappa shape index (κ1) is 12.5. The number of aryl methyl sites for hydroxylation is 1. The second-order valence-corrected chi connectivity index (χ2v) is 4.34. The Morgan fingerprint density at radius 1 is 1.28 bits per heavy atom. The van der Waals surface area contributed by atoms with Crippen LogP contribution in [0.2, 0.25) is 0 Å². The monoisotopic (exact) mass is 243 g/mol. The van der Waals surface area contributed by atoms with Gasteiger partial charge in [0.15, 0.2) is 11.6 Å². The Labute approximate surface area is 106 Å². The molecule has 4 nitrogen and oxygen atoms in total. The van der Waals surface area contributed by atoms with Crippen molar-refractivity contribution in [1.82, 2.24) is 15.2 Å². The molecule has 0 unspecified atom stereocenters. The quantitative estimate of drug-likeness (QED) is 0.821. The molecule has 0 aliphatic carbocycles. The smallest absolute Gasteiger partial charge is 0.181 e. The standard InChI is InChI=1S/C14H17N3O/c1-3-4-5-13-15-14(17-16-13)12-8-6-11(7-9-12)10(2)18/h6-9H,3-5H2,1-2H3,(H,15,16,17). The molecule has 4 heteroatoms. The zero-order valence-corrected chi connectivity index (χ0v) is 10.7. The molecule has 1 heterocycles. The molecule has 0 aliphatic heterocycles. The molecule has 18 heavy (non-hydrogen) atoms. The Morgan fingerprint density at radius 3 is 2.61 bits per heavy atom. The van der Waals surface area contributed by atoms with Crippen LogP contribution >= 0.6 is 0 Å². The number of hydrogen-bond donors (Lipinski definition) is 1. The van der Waals surface area contributed by atoms with Crippen molar-refractivity contribution in [3.8, 4) is 11.4 Å². The highest BCUT2D eigenvalue weighted by atomic mass is 16.1. The van der Waals surface area contributed by atoms with Gasteiger partial charge in [-0.25, -0.2) is 4.98 Å². The normalized spacial score (nSPS) is 10.6. The minimum atomic E-state index is 0.0696. The van der Waals surface area contributed by atoms with Gasteiger partial charge in [0.1, 0.15) is 5.82 Å². The minimum absolute atomic E-state index is 0.0696. The summed E-state index contributed by atoms with van der Waals surface area (Å²) < 4.78 is 0. The number of benzene rings is 1. The number of Topliss-reactive ketones (excluding diaryl/α,β-unsaturated/α-hetero) is 1. The first-order valence-electron chi connectivity index (χ1n) is 6.23. The molecule has 2 aromatic rings. The van der Waals surface area contributed by atoms with E-state index in [9.17, 15) is 4.79 Å². The molecule has 1 N–H and O–H groups in total. The second-order valence-electron chi connectivity index (χ2n) is 4.34. The molecule has 0 spiro atoms. The van der Waals surface area contributed by atoms with Gasteiger partial charge in [-0.3, -0.25) is 9.89 Å². The van der Waals surface area contributed by atoms with Crippen LogP contribution in [0.5, 0.6) is 0 Å². The van der Waals surface area contributed by atoms with E-state index in [1.807, 2.05) is 12.1 Å². The average molecular weight is 243 g/mol. The van der Waals surface area contributed by atoms with Crippen LogP contribution in [0, 0.1) is 0 Å². The number of H-pyrrole nitrogens is 1. The highest BCUT2D eigenvalue weighted by Gasteiger charge is 2.06. The van der Waals surface area contributed by atoms with E-state index in [1.54, 1.807) is 19.1 Å². The van der Waals surface area contributed by atoms with E-state index in [0.29, 0.717) is 11.4 Å². The van der Waals surface area contributed by atoms with E-state index in [0.717, 1.165) is 30.7 Å². The first-order valence-corrected chi connectivity index (χ1v) is 6.23. The summed E-state index contributed by atoms with van der Waals surface area (Å²) in [6.45, 7) is 3.71. The highest BCUT2D eigenvalue weighted by molar-refractivity contribution is 5.94. The summed E-state index contributed by atoms with van der Waals surface area (Å²) in [7, 11) is 0. The van der Waals surface area contributed by atoms with Crippen molar-refractivity contribution in [3.05, 3.63) is 35.7 Å². The number of ketones is 1. The van der Waals surface area contributed by atoms with E-state index >= 15 is 0 Å². The maximum Gasteiger partial charge on any atom is 0.181 e. The Hall–Kier alpha value is -1.97. The molecule has 1 aromatic carbocycles. The average Bonchev–Trinajstić information content (AvgIpc) is 2.85. The van der Waals surface area contributed by atoms with Gasteiger partial charge in [-0.05, 0) is 13.3 Å². The molecular weight excluding hydrogens is 226 g/mol. The van der Waals surface area contributed by atoms with Crippen LogP contribution in [0.15, 0.2) is 24.3 Å². The Morgan fingerprint density at radius 2 is 2.00 bits per heavy atom. The predicted octanol–water partition coefficient (Wildman–Crippen LogP) is 3.02. The fraction of sp³-hybridized carbons (Fsp3) is 0.357. The number of rotatable bonds is 5. The maximum atomic E-state index is 11.2. The molecule has 0 fully saturated rings. The minimum Gasteiger partial charge on any atom is -0.295 e. The van der Waals surface area contributed by atoms with Gasteiger partial charge >= 0.3 is 0 Å². The zero-order valence-electron chi connectivity index (χ0n) is 10.7. The summed E-state index contributed by atoms with van der Waals surface area (Å²) in [6.07, 6.45) is 3.18. The second kappa shape index (κ2) is 5.58. The molecule has 1 aromatic heterocycles. The molecule has 2 rings (SSSR count). The van der Waals surface area contributed by atoms with Gasteiger partial charge < -0.3 is 0 Å². The maximum absolute atomic E-state index is 11.2. The lowest BCUT2D eigenvalue weighted by Crippen LogP contribution is -1.91. The lowest BCUT2D eigenvalue weighted by molar-refractivity contribution is 0.101. The molecule has 94 valence electrons. The third-order valence-corrected chi connectivity index (χ3v) is 2.85. The van der Waals surface area contributed by atoms with Crippen LogP contribution in [0.3, 0.4) is 0 Å². The number of unbranched alkanes of at least 4 members (excludes halogenated alkanes) is 1. The summed E-state index contributed by atoms with van der Waals surface area (Å²) in [5, 5.41) is 7.14. The topological polar surface area (TPSA) is 58.6 Å². The number of hydrogen-bond acceptors (Lipinski definition) is 3. The van der Waals surface area contributed by atoms with E-state index in [-0.39, 0.29) is 5.78 Å². The van der Waals surface area contributed by atoms with Gasteiger partial charge in [0.05, 0.1) is 0 Å². The Balaban J connectivity index is 2.15. The van der Waals surface area contributed by atoms with Gasteiger partial charge in [-0.15, -0.1) is 0 Å². The van der Waals surface area contributed by atoms with Crippen LogP contribution in [-0.4, -0.2) is 21.0 Å².